The minimum Gasteiger partial charge on any atom is -0.146 e. The summed E-state index contributed by atoms with van der Waals surface area (Å²) < 4.78 is 0. The zero-order chi connectivity index (χ0) is 44.5. The smallest absolute Gasteiger partial charge is 0.00491 e. The molecule has 60 heavy (non-hydrogen) atoms. The summed E-state index contributed by atoms with van der Waals surface area (Å²) in [4.78, 5) is 12.0. The van der Waals surface area contributed by atoms with E-state index in [2.05, 4.69) is 114 Å². The average Bonchev–Trinajstić information content (AvgIpc) is 3.93. The third kappa shape index (κ3) is 27.1. The van der Waals surface area contributed by atoms with Crippen LogP contribution in [0, 0.1) is 61.3 Å². The number of rotatable bonds is 27. The first-order valence-electron chi connectivity index (χ1n) is 25.1. The Morgan fingerprint density at radius 2 is 0.600 bits per heavy atom. The minimum absolute atomic E-state index is 0.901. The lowest BCUT2D eigenvalue weighted by molar-refractivity contribution is 0.449. The molecule has 0 aliphatic heterocycles. The third-order valence-electron chi connectivity index (χ3n) is 12.0. The van der Waals surface area contributed by atoms with Crippen molar-refractivity contribution in [2.45, 2.75) is 257 Å². The Bertz CT molecular complexity index is 1570. The molecule has 1 atom stereocenters. The van der Waals surface area contributed by atoms with Gasteiger partial charge in [-0.1, -0.05) is 157 Å². The van der Waals surface area contributed by atoms with Crippen LogP contribution in [0.5, 0.6) is 0 Å². The van der Waals surface area contributed by atoms with Gasteiger partial charge in [-0.15, -0.1) is 45.3 Å². The second kappa shape index (κ2) is 36.2. The maximum atomic E-state index is 2.38. The normalized spacial score (nSPS) is 11.4. The van der Waals surface area contributed by atoms with E-state index < -0.39 is 0 Å². The molecule has 0 fully saturated rings. The van der Waals surface area contributed by atoms with Crippen molar-refractivity contribution in [2.24, 2.45) is 5.92 Å². The van der Waals surface area contributed by atoms with Gasteiger partial charge in [0.15, 0.2) is 0 Å². The Morgan fingerprint density at radius 1 is 0.333 bits per heavy atom. The van der Waals surface area contributed by atoms with Crippen LogP contribution in [0.25, 0.3) is 0 Å². The number of hydrogen-bond donors (Lipinski definition) is 0. The molecule has 4 heterocycles. The fourth-order valence-corrected chi connectivity index (χ4v) is 12.1. The van der Waals surface area contributed by atoms with E-state index in [1.54, 1.807) is 22.3 Å². The highest BCUT2D eigenvalue weighted by molar-refractivity contribution is 7.12. The molecular weight excluding hydrogens is 801 g/mol. The van der Waals surface area contributed by atoms with Gasteiger partial charge in [0.2, 0.25) is 0 Å². The molecule has 0 radical (unpaired) electrons. The van der Waals surface area contributed by atoms with Gasteiger partial charge in [0.25, 0.3) is 0 Å². The molecule has 0 bridgehead atoms. The molecule has 1 unspecified atom stereocenters. The highest BCUT2D eigenvalue weighted by Crippen LogP contribution is 2.27. The monoisotopic (exact) mass is 897 g/mol. The van der Waals surface area contributed by atoms with Crippen LogP contribution in [0.15, 0.2) is 24.3 Å². The van der Waals surface area contributed by atoms with Gasteiger partial charge in [0.1, 0.15) is 0 Å². The largest absolute Gasteiger partial charge is 0.146 e. The van der Waals surface area contributed by atoms with E-state index in [0.29, 0.717) is 0 Å². The van der Waals surface area contributed by atoms with Crippen molar-refractivity contribution in [3.05, 3.63) is 85.5 Å². The predicted molar refractivity (Wildman–Crippen MR) is 283 cm³/mol. The molecule has 0 aliphatic carbocycles. The van der Waals surface area contributed by atoms with Crippen molar-refractivity contribution in [2.75, 3.05) is 0 Å². The first-order chi connectivity index (χ1) is 28.9. The van der Waals surface area contributed by atoms with Gasteiger partial charge in [-0.05, 0) is 153 Å². The highest BCUT2D eigenvalue weighted by Gasteiger charge is 2.11. The van der Waals surface area contributed by atoms with Gasteiger partial charge >= 0.3 is 0 Å². The topological polar surface area (TPSA) is 0 Å². The number of aryl methyl sites for hydroxylation is 11. The second-order valence-electron chi connectivity index (χ2n) is 17.9. The quantitative estimate of drug-likeness (QED) is 0.0523. The summed E-state index contributed by atoms with van der Waals surface area (Å²) in [7, 11) is 0. The summed E-state index contributed by atoms with van der Waals surface area (Å²) in [6, 6.07) is 9.48. The Hall–Kier alpha value is -1.20. The van der Waals surface area contributed by atoms with Gasteiger partial charge in [-0.25, -0.2) is 0 Å². The van der Waals surface area contributed by atoms with Crippen LogP contribution in [-0.2, 0) is 25.7 Å². The van der Waals surface area contributed by atoms with Gasteiger partial charge in [0.05, 0.1) is 0 Å². The summed E-state index contributed by atoms with van der Waals surface area (Å²) >= 11 is 7.77. The summed E-state index contributed by atoms with van der Waals surface area (Å²) in [5.74, 6) is 0.901. The van der Waals surface area contributed by atoms with Gasteiger partial charge in [-0.3, -0.25) is 0 Å². The number of unbranched alkanes of at least 4 members (excludes halogenated alkanes) is 16. The third-order valence-corrected chi connectivity index (χ3v) is 16.1. The molecule has 0 saturated heterocycles. The summed E-state index contributed by atoms with van der Waals surface area (Å²) in [5.41, 5.74) is 6.37. The van der Waals surface area contributed by atoms with E-state index in [-0.39, 0.29) is 0 Å². The van der Waals surface area contributed by atoms with Crippen LogP contribution in [-0.4, -0.2) is 0 Å². The lowest BCUT2D eigenvalue weighted by Gasteiger charge is -2.13. The van der Waals surface area contributed by atoms with E-state index in [1.807, 2.05) is 45.3 Å². The molecule has 0 nitrogen and oxygen atoms in total. The van der Waals surface area contributed by atoms with E-state index in [9.17, 15) is 0 Å². The first kappa shape index (κ1) is 56.8. The number of thiophene rings is 4. The Kier molecular flexibility index (Phi) is 34.3. The lowest BCUT2D eigenvalue weighted by atomic mass is 9.92. The van der Waals surface area contributed by atoms with Crippen molar-refractivity contribution in [3.63, 3.8) is 0 Å². The summed E-state index contributed by atoms with van der Waals surface area (Å²) in [6.07, 6.45) is 35.9. The van der Waals surface area contributed by atoms with Gasteiger partial charge in [0, 0.05) is 39.0 Å². The van der Waals surface area contributed by atoms with Crippen LogP contribution >= 0.6 is 45.3 Å². The van der Waals surface area contributed by atoms with Crippen LogP contribution < -0.4 is 0 Å². The van der Waals surface area contributed by atoms with Gasteiger partial charge in [-0.2, -0.15) is 0 Å². The maximum absolute atomic E-state index is 2.38. The van der Waals surface area contributed by atoms with Crippen molar-refractivity contribution in [3.8, 4) is 0 Å². The molecule has 344 valence electrons. The zero-order valence-electron chi connectivity index (χ0n) is 41.9. The maximum Gasteiger partial charge on any atom is 0.00491 e. The predicted octanol–water partition coefficient (Wildman–Crippen LogP) is 20.9. The average molecular weight is 898 g/mol. The molecule has 4 aromatic heterocycles. The molecule has 0 amide bonds. The van der Waals surface area contributed by atoms with Crippen molar-refractivity contribution in [1.82, 2.24) is 0 Å². The highest BCUT2D eigenvalue weighted by atomic mass is 32.1. The molecule has 4 rings (SSSR count). The van der Waals surface area contributed by atoms with E-state index in [0.717, 1.165) is 5.92 Å². The van der Waals surface area contributed by atoms with Crippen LogP contribution in [0.3, 0.4) is 0 Å². The molecule has 0 N–H and O–H groups in total. The van der Waals surface area contributed by atoms with Crippen molar-refractivity contribution >= 4 is 45.3 Å². The lowest BCUT2D eigenvalue weighted by Crippen LogP contribution is -2.03. The fraction of sp³-hybridized carbons (Fsp3) is 0.714. The van der Waals surface area contributed by atoms with Crippen LogP contribution in [0.2, 0.25) is 0 Å². The molecule has 4 heteroatoms. The van der Waals surface area contributed by atoms with Crippen LogP contribution in [0.1, 0.15) is 237 Å². The van der Waals surface area contributed by atoms with Gasteiger partial charge < -0.3 is 0 Å². The minimum atomic E-state index is 0.901. The second-order valence-corrected chi connectivity index (χ2v) is 23.8. The van der Waals surface area contributed by atoms with E-state index >= 15 is 0 Å². The van der Waals surface area contributed by atoms with Crippen LogP contribution in [0.4, 0.5) is 0 Å². The summed E-state index contributed by atoms with van der Waals surface area (Å²) in [6.45, 7) is 29.3. The first-order valence-corrected chi connectivity index (χ1v) is 28.4. The zero-order valence-corrected chi connectivity index (χ0v) is 45.2. The summed E-state index contributed by atoms with van der Waals surface area (Å²) in [5, 5.41) is 0. The standard InChI is InChI=1S/C16H28S.2C14H24S.C12H20S/c1-4-5-6-7-8-9-10-11-12-16-13-14(2)17-15(16)3;1-5-7-8-13(6-2)10-14-9-11(3)15-12(14)4;1-4-5-6-7-8-9-10-14-11-12(2)15-13(14)3;1-4-5-6-7-8-12-9-10(2)13-11(12)3/h13H,4-12H2,1-3H3;9,13H,5-8,10H2,1-4H3;11H,4-10H2,1-3H3;9H,4-8H2,1-3H3. The molecule has 0 saturated carbocycles. The molecule has 0 aliphatic rings. The van der Waals surface area contributed by atoms with E-state index in [4.69, 9.17) is 0 Å². The van der Waals surface area contributed by atoms with E-state index in [1.165, 1.54) is 206 Å². The fourth-order valence-electron chi connectivity index (χ4n) is 8.22. The SMILES string of the molecule is CCCCC(CC)Cc1cc(C)sc1C.CCCCCCCCCCc1cc(C)sc1C.CCCCCCCCc1cc(C)sc1C.CCCCCCc1cc(C)sc1C. The molecular formula is C56H96S4. The van der Waals surface area contributed by atoms with Crippen molar-refractivity contribution < 1.29 is 0 Å². The molecule has 4 aromatic rings. The molecule has 0 aromatic carbocycles. The Morgan fingerprint density at radius 3 is 0.867 bits per heavy atom. The van der Waals surface area contributed by atoms with Crippen molar-refractivity contribution in [1.29, 1.82) is 0 Å². The number of hydrogen-bond acceptors (Lipinski definition) is 4. The Labute approximate surface area is 391 Å². The Balaban J connectivity index is 0.000000402. The molecule has 0 spiro atoms.